The van der Waals surface area contributed by atoms with Crippen molar-refractivity contribution in [1.29, 1.82) is 0 Å². The van der Waals surface area contributed by atoms with Gasteiger partial charge in [-0.15, -0.1) is 0 Å². The molecule has 66 valence electrons. The average Bonchev–Trinajstić information content (AvgIpc) is 2.15. The molecule has 12 heavy (non-hydrogen) atoms. The number of ether oxygens (including phenoxy) is 1. The van der Waals surface area contributed by atoms with Gasteiger partial charge in [0.25, 0.3) is 0 Å². The van der Waals surface area contributed by atoms with Crippen LogP contribution in [0.3, 0.4) is 0 Å². The monoisotopic (exact) mass is 166 g/mol. The summed E-state index contributed by atoms with van der Waals surface area (Å²) in [6.45, 7) is 2.31. The molecule has 0 bridgehead atoms. The largest absolute Gasteiger partial charge is 0.366 e. The highest BCUT2D eigenvalue weighted by molar-refractivity contribution is 5.50. The van der Waals surface area contributed by atoms with Crippen molar-refractivity contribution >= 4 is 6.29 Å². The number of allylic oxidation sites excluding steroid dienone is 2. The van der Waals surface area contributed by atoms with Gasteiger partial charge in [0.1, 0.15) is 12.9 Å². The Kier molecular flexibility index (Phi) is 3.74. The van der Waals surface area contributed by atoms with E-state index in [9.17, 15) is 4.79 Å². The van der Waals surface area contributed by atoms with Crippen LogP contribution in [0.2, 0.25) is 0 Å². The minimum absolute atomic E-state index is 0.0881. The van der Waals surface area contributed by atoms with Gasteiger partial charge in [0, 0.05) is 5.92 Å². The molecule has 0 aliphatic heterocycles. The summed E-state index contributed by atoms with van der Waals surface area (Å²) in [5.41, 5.74) is 0. The number of hydrogen-bond donors (Lipinski definition) is 0. The van der Waals surface area contributed by atoms with Crippen LogP contribution in [-0.2, 0) is 9.53 Å². The third-order valence-corrected chi connectivity index (χ3v) is 2.02. The summed E-state index contributed by atoms with van der Waals surface area (Å²) in [6.07, 6.45) is 10.0. The fourth-order valence-electron chi connectivity index (χ4n) is 1.33. The maximum Gasteiger partial charge on any atom is 0.145 e. The standard InChI is InChI=1S/C10H14O2/c1-2-9-5-3-4-6-10(9)12-8-7-11/h3-7,9-10H,2,8H2,1H3. The van der Waals surface area contributed by atoms with E-state index in [2.05, 4.69) is 13.0 Å². The summed E-state index contributed by atoms with van der Waals surface area (Å²) in [6, 6.07) is 0. The maximum atomic E-state index is 10.1. The first-order chi connectivity index (χ1) is 5.88. The van der Waals surface area contributed by atoms with Gasteiger partial charge >= 0.3 is 0 Å². The van der Waals surface area contributed by atoms with Crippen LogP contribution in [0, 0.1) is 5.92 Å². The highest BCUT2D eigenvalue weighted by atomic mass is 16.5. The third-order valence-electron chi connectivity index (χ3n) is 2.02. The van der Waals surface area contributed by atoms with E-state index in [-0.39, 0.29) is 12.7 Å². The fourth-order valence-corrected chi connectivity index (χ4v) is 1.33. The summed E-state index contributed by atoms with van der Waals surface area (Å²) in [5.74, 6) is 0.426. The second-order valence-corrected chi connectivity index (χ2v) is 2.81. The fraction of sp³-hybridized carbons (Fsp3) is 0.500. The lowest BCUT2D eigenvalue weighted by Crippen LogP contribution is -2.22. The lowest BCUT2D eigenvalue weighted by Gasteiger charge is -2.21. The topological polar surface area (TPSA) is 26.3 Å². The van der Waals surface area contributed by atoms with Gasteiger partial charge < -0.3 is 9.53 Å². The molecule has 0 heterocycles. The summed E-state index contributed by atoms with van der Waals surface area (Å²) in [4.78, 5) is 10.1. The molecule has 0 amide bonds. The van der Waals surface area contributed by atoms with Crippen molar-refractivity contribution in [1.82, 2.24) is 0 Å². The van der Waals surface area contributed by atoms with E-state index < -0.39 is 0 Å². The Balaban J connectivity index is 2.44. The predicted molar refractivity (Wildman–Crippen MR) is 47.9 cm³/mol. The molecule has 0 saturated heterocycles. The first kappa shape index (κ1) is 9.20. The van der Waals surface area contributed by atoms with Crippen molar-refractivity contribution in [3.63, 3.8) is 0 Å². The maximum absolute atomic E-state index is 10.1. The van der Waals surface area contributed by atoms with E-state index in [1.807, 2.05) is 18.2 Å². The molecule has 0 spiro atoms. The van der Waals surface area contributed by atoms with Crippen LogP contribution in [0.25, 0.3) is 0 Å². The molecule has 0 aromatic carbocycles. The van der Waals surface area contributed by atoms with E-state index in [1.165, 1.54) is 0 Å². The molecule has 1 rings (SSSR count). The van der Waals surface area contributed by atoms with Gasteiger partial charge in [-0.1, -0.05) is 31.2 Å². The van der Waals surface area contributed by atoms with Crippen LogP contribution in [0.15, 0.2) is 24.3 Å². The van der Waals surface area contributed by atoms with Gasteiger partial charge in [-0.3, -0.25) is 0 Å². The lowest BCUT2D eigenvalue weighted by molar-refractivity contribution is -0.113. The van der Waals surface area contributed by atoms with Crippen molar-refractivity contribution in [3.8, 4) is 0 Å². The van der Waals surface area contributed by atoms with Crippen molar-refractivity contribution < 1.29 is 9.53 Å². The molecule has 2 unspecified atom stereocenters. The van der Waals surface area contributed by atoms with E-state index in [0.29, 0.717) is 5.92 Å². The van der Waals surface area contributed by atoms with Gasteiger partial charge in [-0.05, 0) is 6.42 Å². The van der Waals surface area contributed by atoms with Crippen LogP contribution >= 0.6 is 0 Å². The SMILES string of the molecule is CCC1C=CC=CC1OCC=O. The molecule has 0 saturated carbocycles. The van der Waals surface area contributed by atoms with Crippen LogP contribution in [0.1, 0.15) is 13.3 Å². The van der Waals surface area contributed by atoms with Crippen LogP contribution < -0.4 is 0 Å². The summed E-state index contributed by atoms with van der Waals surface area (Å²) in [7, 11) is 0. The Morgan fingerprint density at radius 2 is 2.17 bits per heavy atom. The Labute approximate surface area is 72.9 Å². The molecule has 2 heteroatoms. The zero-order chi connectivity index (χ0) is 8.81. The summed E-state index contributed by atoms with van der Waals surface area (Å²) in [5, 5.41) is 0. The van der Waals surface area contributed by atoms with Gasteiger partial charge in [-0.25, -0.2) is 0 Å². The second kappa shape index (κ2) is 4.88. The van der Waals surface area contributed by atoms with Gasteiger partial charge in [0.15, 0.2) is 0 Å². The third kappa shape index (κ3) is 2.31. The normalized spacial score (nSPS) is 27.4. The van der Waals surface area contributed by atoms with Crippen molar-refractivity contribution in [2.45, 2.75) is 19.4 Å². The predicted octanol–water partition coefficient (Wildman–Crippen LogP) is 1.72. The molecule has 2 nitrogen and oxygen atoms in total. The van der Waals surface area contributed by atoms with E-state index >= 15 is 0 Å². The highest BCUT2D eigenvalue weighted by Gasteiger charge is 2.16. The minimum atomic E-state index is 0.0881. The summed E-state index contributed by atoms with van der Waals surface area (Å²) < 4.78 is 5.33. The molecule has 0 fully saturated rings. The zero-order valence-electron chi connectivity index (χ0n) is 7.27. The molecule has 1 aliphatic rings. The molecule has 2 atom stereocenters. The Morgan fingerprint density at radius 3 is 2.83 bits per heavy atom. The molecular weight excluding hydrogens is 152 g/mol. The summed E-state index contributed by atoms with van der Waals surface area (Å²) >= 11 is 0. The van der Waals surface area contributed by atoms with Crippen LogP contribution in [0.4, 0.5) is 0 Å². The number of carbonyl (C=O) groups is 1. The number of carbonyl (C=O) groups excluding carboxylic acids is 1. The van der Waals surface area contributed by atoms with E-state index in [4.69, 9.17) is 4.74 Å². The molecule has 0 aromatic heterocycles. The zero-order valence-corrected chi connectivity index (χ0v) is 7.27. The Morgan fingerprint density at radius 1 is 1.42 bits per heavy atom. The van der Waals surface area contributed by atoms with Crippen LogP contribution in [0.5, 0.6) is 0 Å². The second-order valence-electron chi connectivity index (χ2n) is 2.81. The smallest absolute Gasteiger partial charge is 0.145 e. The Bertz CT molecular complexity index is 194. The van der Waals surface area contributed by atoms with Gasteiger partial charge in [0.05, 0.1) is 6.10 Å². The Hall–Kier alpha value is -0.890. The van der Waals surface area contributed by atoms with Gasteiger partial charge in [0.2, 0.25) is 0 Å². The molecule has 0 N–H and O–H groups in total. The van der Waals surface area contributed by atoms with Gasteiger partial charge in [-0.2, -0.15) is 0 Å². The molecule has 0 aromatic rings. The van der Waals surface area contributed by atoms with E-state index in [1.54, 1.807) is 0 Å². The molecule has 0 radical (unpaired) electrons. The quantitative estimate of drug-likeness (QED) is 0.594. The number of aldehydes is 1. The van der Waals surface area contributed by atoms with Crippen LogP contribution in [-0.4, -0.2) is 19.0 Å². The van der Waals surface area contributed by atoms with Crippen molar-refractivity contribution in [3.05, 3.63) is 24.3 Å². The average molecular weight is 166 g/mol. The van der Waals surface area contributed by atoms with Crippen molar-refractivity contribution in [2.75, 3.05) is 6.61 Å². The highest BCUT2D eigenvalue weighted by Crippen LogP contribution is 2.18. The minimum Gasteiger partial charge on any atom is -0.366 e. The van der Waals surface area contributed by atoms with Crippen molar-refractivity contribution in [2.24, 2.45) is 5.92 Å². The van der Waals surface area contributed by atoms with E-state index in [0.717, 1.165) is 12.7 Å². The number of rotatable bonds is 4. The number of hydrogen-bond acceptors (Lipinski definition) is 2. The first-order valence-electron chi connectivity index (χ1n) is 4.28. The molecule has 1 aliphatic carbocycles. The first-order valence-corrected chi connectivity index (χ1v) is 4.28. The molecular formula is C10H14O2. The lowest BCUT2D eigenvalue weighted by atomic mass is 9.95.